The average Bonchev–Trinajstić information content (AvgIpc) is 3.52. The number of hydrogen-bond acceptors (Lipinski definition) is 7. The maximum absolute atomic E-state index is 12.7. The van der Waals surface area contributed by atoms with Crippen LogP contribution in [0.5, 0.6) is 0 Å². The first-order valence-electron chi connectivity index (χ1n) is 9.69. The Balaban J connectivity index is 1.49. The molecule has 0 aliphatic heterocycles. The van der Waals surface area contributed by atoms with Crippen LogP contribution in [0.3, 0.4) is 0 Å². The zero-order valence-corrected chi connectivity index (χ0v) is 18.5. The van der Waals surface area contributed by atoms with Gasteiger partial charge in [-0.1, -0.05) is 18.2 Å². The van der Waals surface area contributed by atoms with E-state index in [2.05, 4.69) is 30.2 Å². The first-order chi connectivity index (χ1) is 16.0. The van der Waals surface area contributed by atoms with Gasteiger partial charge >= 0.3 is 0 Å². The highest BCUT2D eigenvalue weighted by molar-refractivity contribution is 7.92. The molecule has 5 aromatic rings. The van der Waals surface area contributed by atoms with Crippen LogP contribution < -0.4 is 10.0 Å². The number of aromatic nitrogens is 4. The molecule has 2 aromatic carbocycles. The van der Waals surface area contributed by atoms with Crippen molar-refractivity contribution in [1.82, 2.24) is 20.2 Å². The standard InChI is InChI=1S/C22H16N6O3S2/c29-22(21-12-32-13-24-21)26-19-7-14(8-20-18(19)11-25-27-20)15-6-16(10-23-9-15)28-33(30,31)17-4-2-1-3-5-17/h1-13,28H,(H,25,27)(H,26,29). The molecule has 1 amide bonds. The van der Waals surface area contributed by atoms with Crippen LogP contribution in [0.4, 0.5) is 11.4 Å². The van der Waals surface area contributed by atoms with Crippen LogP contribution in [-0.4, -0.2) is 34.5 Å². The minimum absolute atomic E-state index is 0.154. The Hall–Kier alpha value is -4.09. The number of carbonyl (C=O) groups is 1. The van der Waals surface area contributed by atoms with E-state index in [9.17, 15) is 13.2 Å². The van der Waals surface area contributed by atoms with E-state index in [4.69, 9.17) is 0 Å². The molecule has 0 fully saturated rings. The number of sulfonamides is 1. The van der Waals surface area contributed by atoms with Crippen molar-refractivity contribution in [2.75, 3.05) is 10.0 Å². The number of hydrogen-bond donors (Lipinski definition) is 3. The van der Waals surface area contributed by atoms with Gasteiger partial charge in [0.25, 0.3) is 15.9 Å². The molecule has 0 unspecified atom stereocenters. The van der Waals surface area contributed by atoms with Crippen LogP contribution in [0.1, 0.15) is 10.5 Å². The molecule has 3 aromatic heterocycles. The Kier molecular flexibility index (Phi) is 5.32. The first kappa shape index (κ1) is 20.8. The van der Waals surface area contributed by atoms with Gasteiger partial charge in [0, 0.05) is 22.5 Å². The van der Waals surface area contributed by atoms with E-state index >= 15 is 0 Å². The SMILES string of the molecule is O=C(Nc1cc(-c2cncc(NS(=O)(=O)c3ccccc3)c2)cc2[nH]ncc12)c1cscn1. The van der Waals surface area contributed by atoms with E-state index < -0.39 is 10.0 Å². The number of rotatable bonds is 6. The fourth-order valence-corrected chi connectivity index (χ4v) is 4.89. The normalized spacial score (nSPS) is 11.4. The summed E-state index contributed by atoms with van der Waals surface area (Å²) in [4.78, 5) is 20.9. The van der Waals surface area contributed by atoms with Gasteiger partial charge in [-0.2, -0.15) is 5.10 Å². The molecule has 3 N–H and O–H groups in total. The smallest absolute Gasteiger partial charge is 0.275 e. The second kappa shape index (κ2) is 8.45. The number of nitrogens with one attached hydrogen (secondary N) is 3. The summed E-state index contributed by atoms with van der Waals surface area (Å²) in [7, 11) is -3.76. The molecule has 33 heavy (non-hydrogen) atoms. The maximum atomic E-state index is 12.7. The number of anilines is 2. The lowest BCUT2D eigenvalue weighted by molar-refractivity contribution is 0.102. The number of pyridine rings is 1. The highest BCUT2D eigenvalue weighted by Crippen LogP contribution is 2.31. The lowest BCUT2D eigenvalue weighted by Gasteiger charge is -2.11. The summed E-state index contributed by atoms with van der Waals surface area (Å²) in [6.07, 6.45) is 4.67. The van der Waals surface area contributed by atoms with Crippen LogP contribution in [0, 0.1) is 0 Å². The van der Waals surface area contributed by atoms with Gasteiger partial charge in [0.05, 0.1) is 39.7 Å². The third-order valence-corrected chi connectivity index (χ3v) is 6.83. The summed E-state index contributed by atoms with van der Waals surface area (Å²) in [6.45, 7) is 0. The van der Waals surface area contributed by atoms with Gasteiger partial charge < -0.3 is 5.32 Å². The summed E-state index contributed by atoms with van der Waals surface area (Å²) in [5.41, 5.74) is 4.85. The second-order valence-electron chi connectivity index (χ2n) is 7.06. The topological polar surface area (TPSA) is 130 Å². The van der Waals surface area contributed by atoms with Crippen molar-refractivity contribution in [3.05, 3.63) is 83.7 Å². The number of fused-ring (bicyclic) bond motifs is 1. The molecule has 9 nitrogen and oxygen atoms in total. The van der Waals surface area contributed by atoms with Gasteiger partial charge in [0.2, 0.25) is 0 Å². The number of nitrogens with zero attached hydrogens (tertiary/aromatic N) is 3. The Morgan fingerprint density at radius 2 is 1.85 bits per heavy atom. The first-order valence-corrected chi connectivity index (χ1v) is 12.1. The van der Waals surface area contributed by atoms with Crippen LogP contribution in [-0.2, 0) is 10.0 Å². The Labute approximate surface area is 192 Å². The maximum Gasteiger partial charge on any atom is 0.275 e. The zero-order valence-electron chi connectivity index (χ0n) is 16.9. The molecule has 0 atom stereocenters. The monoisotopic (exact) mass is 476 g/mol. The fraction of sp³-hybridized carbons (Fsp3) is 0. The van der Waals surface area contributed by atoms with Gasteiger partial charge in [-0.05, 0) is 35.9 Å². The van der Waals surface area contributed by atoms with Gasteiger partial charge in [-0.3, -0.25) is 19.6 Å². The summed E-state index contributed by atoms with van der Waals surface area (Å²) < 4.78 is 27.9. The number of thiazole rings is 1. The van der Waals surface area contributed by atoms with Gasteiger partial charge in [0.1, 0.15) is 5.69 Å². The summed E-state index contributed by atoms with van der Waals surface area (Å²) in [6, 6.07) is 13.4. The molecule has 0 bridgehead atoms. The third kappa shape index (κ3) is 4.31. The minimum atomic E-state index is -3.76. The largest absolute Gasteiger partial charge is 0.320 e. The van der Waals surface area contributed by atoms with E-state index in [-0.39, 0.29) is 10.8 Å². The Morgan fingerprint density at radius 3 is 2.64 bits per heavy atom. The molecule has 0 aliphatic rings. The molecule has 3 heterocycles. The average molecular weight is 477 g/mol. The third-order valence-electron chi connectivity index (χ3n) is 4.85. The Morgan fingerprint density at radius 1 is 1.00 bits per heavy atom. The number of aromatic amines is 1. The van der Waals surface area contributed by atoms with E-state index in [1.54, 1.807) is 53.6 Å². The molecule has 0 spiro atoms. The van der Waals surface area contributed by atoms with Crippen LogP contribution in [0.15, 0.2) is 82.9 Å². The molecule has 0 saturated heterocycles. The highest BCUT2D eigenvalue weighted by Gasteiger charge is 2.16. The van der Waals surface area contributed by atoms with Crippen molar-refractivity contribution in [1.29, 1.82) is 0 Å². The quantitative estimate of drug-likeness (QED) is 0.338. The van der Waals surface area contributed by atoms with Crippen molar-refractivity contribution in [2.45, 2.75) is 4.90 Å². The molecule has 11 heteroatoms. The molecule has 5 rings (SSSR count). The van der Waals surface area contributed by atoms with Gasteiger partial charge in [0.15, 0.2) is 0 Å². The summed E-state index contributed by atoms with van der Waals surface area (Å²) in [5, 5.41) is 12.2. The van der Waals surface area contributed by atoms with Crippen molar-refractivity contribution in [2.24, 2.45) is 0 Å². The fourth-order valence-electron chi connectivity index (χ4n) is 3.30. The Bertz CT molecular complexity index is 1550. The van der Waals surface area contributed by atoms with E-state index in [0.717, 1.165) is 5.39 Å². The van der Waals surface area contributed by atoms with Crippen LogP contribution in [0.2, 0.25) is 0 Å². The van der Waals surface area contributed by atoms with Crippen LogP contribution >= 0.6 is 11.3 Å². The lowest BCUT2D eigenvalue weighted by atomic mass is 10.0. The molecular weight excluding hydrogens is 460 g/mol. The minimum Gasteiger partial charge on any atom is -0.320 e. The molecule has 0 radical (unpaired) electrons. The molecule has 164 valence electrons. The van der Waals surface area contributed by atoms with E-state index in [0.29, 0.717) is 33.7 Å². The number of amides is 1. The number of H-pyrrole nitrogens is 1. The summed E-state index contributed by atoms with van der Waals surface area (Å²) in [5.74, 6) is -0.335. The number of carbonyl (C=O) groups excluding carboxylic acids is 1. The zero-order chi connectivity index (χ0) is 22.8. The van der Waals surface area contributed by atoms with Crippen LogP contribution in [0.25, 0.3) is 22.0 Å². The lowest BCUT2D eigenvalue weighted by Crippen LogP contribution is -2.13. The predicted molar refractivity (Wildman–Crippen MR) is 127 cm³/mol. The number of benzene rings is 2. The molecule has 0 saturated carbocycles. The highest BCUT2D eigenvalue weighted by atomic mass is 32.2. The summed E-state index contributed by atoms with van der Waals surface area (Å²) >= 11 is 1.33. The van der Waals surface area contributed by atoms with Gasteiger partial charge in [-0.25, -0.2) is 13.4 Å². The van der Waals surface area contributed by atoms with Crippen molar-refractivity contribution in [3.63, 3.8) is 0 Å². The van der Waals surface area contributed by atoms with E-state index in [1.807, 2.05) is 6.07 Å². The van der Waals surface area contributed by atoms with Crippen molar-refractivity contribution >= 4 is 49.5 Å². The van der Waals surface area contributed by atoms with Crippen molar-refractivity contribution in [3.8, 4) is 11.1 Å². The second-order valence-corrected chi connectivity index (χ2v) is 9.46. The van der Waals surface area contributed by atoms with Gasteiger partial charge in [-0.15, -0.1) is 11.3 Å². The molecule has 0 aliphatic carbocycles. The van der Waals surface area contributed by atoms with E-state index in [1.165, 1.54) is 29.7 Å². The molecular formula is C22H16N6O3S2. The van der Waals surface area contributed by atoms with Crippen molar-refractivity contribution < 1.29 is 13.2 Å². The predicted octanol–water partition coefficient (Wildman–Crippen LogP) is 4.13.